The summed E-state index contributed by atoms with van der Waals surface area (Å²) in [5.74, 6) is -0.102. The molecule has 0 aromatic heterocycles. The lowest BCUT2D eigenvalue weighted by Gasteiger charge is -2.42. The monoisotopic (exact) mass is 413 g/mol. The third kappa shape index (κ3) is 3.92. The minimum absolute atomic E-state index is 0.102. The molecule has 0 N–H and O–H groups in total. The molecule has 1 amide bonds. The first kappa shape index (κ1) is 19.2. The van der Waals surface area contributed by atoms with Gasteiger partial charge in [0.2, 0.25) is 5.91 Å². The molecule has 5 nitrogen and oxygen atoms in total. The van der Waals surface area contributed by atoms with E-state index in [0.29, 0.717) is 31.0 Å². The Kier molecular flexibility index (Phi) is 6.27. The number of aryl methyl sites for hydroxylation is 1. The van der Waals surface area contributed by atoms with Gasteiger partial charge in [-0.2, -0.15) is 10.3 Å². The first-order chi connectivity index (χ1) is 11.3. The van der Waals surface area contributed by atoms with Gasteiger partial charge in [-0.05, 0) is 43.0 Å². The second kappa shape index (κ2) is 7.83. The molecule has 1 aliphatic rings. The van der Waals surface area contributed by atoms with Crippen LogP contribution in [0, 0.1) is 18.3 Å². The zero-order valence-corrected chi connectivity index (χ0v) is 16.4. The summed E-state index contributed by atoms with van der Waals surface area (Å²) in [7, 11) is 3.32. The highest BCUT2D eigenvalue weighted by atomic mass is 79.9. The van der Waals surface area contributed by atoms with Crippen molar-refractivity contribution in [2.75, 3.05) is 27.2 Å². The number of hydrogen-bond donors (Lipinski definition) is 0. The number of amides is 1. The van der Waals surface area contributed by atoms with Gasteiger partial charge < -0.3 is 9.74 Å². The minimum Gasteiger partial charge on any atom is -0.327 e. The Hall–Kier alpha value is -1.13. The van der Waals surface area contributed by atoms with Gasteiger partial charge >= 0.3 is 0 Å². The molecule has 130 valence electrons. The van der Waals surface area contributed by atoms with Crippen LogP contribution >= 0.6 is 27.5 Å². The van der Waals surface area contributed by atoms with Gasteiger partial charge in [-0.1, -0.05) is 27.5 Å². The molecule has 0 saturated carbocycles. The summed E-state index contributed by atoms with van der Waals surface area (Å²) in [6.07, 6.45) is 1.31. The predicted octanol–water partition coefficient (Wildman–Crippen LogP) is 3.33. The summed E-state index contributed by atoms with van der Waals surface area (Å²) in [5, 5.41) is 12.1. The summed E-state index contributed by atoms with van der Waals surface area (Å²) in [4.78, 5) is 19.6. The van der Waals surface area contributed by atoms with E-state index in [9.17, 15) is 10.1 Å². The number of piperidine rings is 1. The van der Waals surface area contributed by atoms with Gasteiger partial charge in [0.1, 0.15) is 5.54 Å². The van der Waals surface area contributed by atoms with E-state index in [1.165, 1.54) is 0 Å². The standard InChI is InChI=1S/C17H21BrClN3O2/c1-12-8-13(18)9-15(19)14(12)10-16(23)21(2)17(11-20)4-6-22(24-3)7-5-17/h8-9H,4-7,10H2,1-3H3. The average Bonchev–Trinajstić information content (AvgIpc) is 2.57. The van der Waals surface area contributed by atoms with Crippen molar-refractivity contribution in [3.63, 3.8) is 0 Å². The summed E-state index contributed by atoms with van der Waals surface area (Å²) in [5.41, 5.74) is 0.970. The number of halogens is 2. The average molecular weight is 415 g/mol. The van der Waals surface area contributed by atoms with Crippen LogP contribution in [0.2, 0.25) is 5.02 Å². The van der Waals surface area contributed by atoms with Gasteiger partial charge in [0.25, 0.3) is 0 Å². The Balaban J connectivity index is 2.16. The van der Waals surface area contributed by atoms with Gasteiger partial charge in [0.05, 0.1) is 19.6 Å². The molecule has 0 radical (unpaired) electrons. The van der Waals surface area contributed by atoms with E-state index in [4.69, 9.17) is 16.4 Å². The van der Waals surface area contributed by atoms with Crippen molar-refractivity contribution in [3.8, 4) is 6.07 Å². The number of hydrogen-bond acceptors (Lipinski definition) is 4. The maximum Gasteiger partial charge on any atom is 0.228 e. The maximum absolute atomic E-state index is 12.8. The Morgan fingerprint density at radius 3 is 2.62 bits per heavy atom. The quantitative estimate of drug-likeness (QED) is 0.758. The molecule has 7 heteroatoms. The number of rotatable bonds is 4. The van der Waals surface area contributed by atoms with Gasteiger partial charge in [-0.15, -0.1) is 0 Å². The highest BCUT2D eigenvalue weighted by molar-refractivity contribution is 9.10. The van der Waals surface area contributed by atoms with Crippen molar-refractivity contribution in [1.82, 2.24) is 9.96 Å². The second-order valence-corrected chi connectivity index (χ2v) is 7.39. The zero-order valence-electron chi connectivity index (χ0n) is 14.1. The van der Waals surface area contributed by atoms with E-state index >= 15 is 0 Å². The molecular weight excluding hydrogens is 394 g/mol. The molecule has 1 saturated heterocycles. The lowest BCUT2D eigenvalue weighted by molar-refractivity contribution is -0.161. The fourth-order valence-electron chi connectivity index (χ4n) is 3.03. The van der Waals surface area contributed by atoms with Crippen LogP contribution in [0.4, 0.5) is 0 Å². The lowest BCUT2D eigenvalue weighted by Crippen LogP contribution is -2.55. The van der Waals surface area contributed by atoms with Crippen molar-refractivity contribution in [3.05, 3.63) is 32.8 Å². The van der Waals surface area contributed by atoms with Crippen LogP contribution in [0.1, 0.15) is 24.0 Å². The number of carbonyl (C=O) groups is 1. The number of nitriles is 1. The molecule has 0 bridgehead atoms. The molecule has 24 heavy (non-hydrogen) atoms. The van der Waals surface area contributed by atoms with E-state index < -0.39 is 5.54 Å². The number of nitrogens with zero attached hydrogens (tertiary/aromatic N) is 3. The normalized spacial score (nSPS) is 17.3. The van der Waals surface area contributed by atoms with Crippen molar-refractivity contribution in [1.29, 1.82) is 5.26 Å². The van der Waals surface area contributed by atoms with E-state index in [1.54, 1.807) is 25.1 Å². The number of hydroxylamine groups is 2. The topological polar surface area (TPSA) is 56.6 Å². The van der Waals surface area contributed by atoms with Gasteiger partial charge in [0.15, 0.2) is 0 Å². The van der Waals surface area contributed by atoms with Gasteiger partial charge in [-0.25, -0.2) is 0 Å². The molecule has 1 aromatic rings. The molecule has 1 aliphatic heterocycles. The fourth-order valence-corrected chi connectivity index (χ4v) is 4.06. The molecule has 2 rings (SSSR count). The van der Waals surface area contributed by atoms with E-state index in [0.717, 1.165) is 15.6 Å². The van der Waals surface area contributed by atoms with Crippen molar-refractivity contribution in [2.24, 2.45) is 0 Å². The van der Waals surface area contributed by atoms with E-state index in [2.05, 4.69) is 22.0 Å². The van der Waals surface area contributed by atoms with Crippen LogP contribution in [0.3, 0.4) is 0 Å². The van der Waals surface area contributed by atoms with E-state index in [-0.39, 0.29) is 12.3 Å². The molecular formula is C17H21BrClN3O2. The summed E-state index contributed by atoms with van der Waals surface area (Å²) >= 11 is 9.68. The first-order valence-corrected chi connectivity index (χ1v) is 8.91. The molecule has 0 aliphatic carbocycles. The molecule has 1 fully saturated rings. The minimum atomic E-state index is -0.790. The number of likely N-dealkylation sites (N-methyl/N-ethyl adjacent to an activating group) is 1. The van der Waals surface area contributed by atoms with E-state index in [1.807, 2.05) is 18.1 Å². The highest BCUT2D eigenvalue weighted by Crippen LogP contribution is 2.30. The Morgan fingerprint density at radius 1 is 1.50 bits per heavy atom. The SMILES string of the molecule is CON1CCC(C#N)(N(C)C(=O)Cc2c(C)cc(Br)cc2Cl)CC1. The first-order valence-electron chi connectivity index (χ1n) is 7.74. The van der Waals surface area contributed by atoms with Crippen molar-refractivity contribution >= 4 is 33.4 Å². The maximum atomic E-state index is 12.8. The van der Waals surface area contributed by atoms with Crippen LogP contribution < -0.4 is 0 Å². The smallest absolute Gasteiger partial charge is 0.228 e. The number of carbonyl (C=O) groups excluding carboxylic acids is 1. The van der Waals surface area contributed by atoms with Crippen LogP contribution in [0.5, 0.6) is 0 Å². The summed E-state index contributed by atoms with van der Waals surface area (Å²) in [6, 6.07) is 6.07. The Morgan fingerprint density at radius 2 is 2.12 bits per heavy atom. The molecule has 0 atom stereocenters. The van der Waals surface area contributed by atoms with Crippen LogP contribution in [0.15, 0.2) is 16.6 Å². The van der Waals surface area contributed by atoms with Crippen LogP contribution in [0.25, 0.3) is 0 Å². The molecule has 0 unspecified atom stereocenters. The van der Waals surface area contributed by atoms with Crippen LogP contribution in [-0.4, -0.2) is 48.7 Å². The number of benzene rings is 1. The Bertz CT molecular complexity index is 643. The highest BCUT2D eigenvalue weighted by Gasteiger charge is 2.41. The van der Waals surface area contributed by atoms with Gasteiger partial charge in [-0.3, -0.25) is 4.79 Å². The molecule has 0 spiro atoms. The lowest BCUT2D eigenvalue weighted by atomic mass is 9.87. The van der Waals surface area contributed by atoms with Crippen molar-refractivity contribution < 1.29 is 9.63 Å². The van der Waals surface area contributed by atoms with Gasteiger partial charge in [0, 0.05) is 29.6 Å². The zero-order chi connectivity index (χ0) is 17.9. The summed E-state index contributed by atoms with van der Waals surface area (Å²) in [6.45, 7) is 3.18. The predicted molar refractivity (Wildman–Crippen MR) is 96.5 cm³/mol. The molecule has 1 heterocycles. The van der Waals surface area contributed by atoms with Crippen LogP contribution in [-0.2, 0) is 16.1 Å². The second-order valence-electron chi connectivity index (χ2n) is 6.07. The third-order valence-electron chi connectivity index (χ3n) is 4.74. The third-order valence-corrected chi connectivity index (χ3v) is 5.54. The fraction of sp³-hybridized carbons (Fsp3) is 0.529. The molecule has 1 aromatic carbocycles. The summed E-state index contributed by atoms with van der Waals surface area (Å²) < 4.78 is 0.884. The van der Waals surface area contributed by atoms with Crippen molar-refractivity contribution in [2.45, 2.75) is 31.7 Å². The largest absolute Gasteiger partial charge is 0.327 e. The Labute approximate surface area is 156 Å².